The monoisotopic (exact) mass is 398 g/mol. The van der Waals surface area contributed by atoms with E-state index in [-0.39, 0.29) is 17.7 Å². The van der Waals surface area contributed by atoms with Crippen LogP contribution < -0.4 is 15.4 Å². The summed E-state index contributed by atoms with van der Waals surface area (Å²) in [6.45, 7) is 8.66. The highest BCUT2D eigenvalue weighted by atomic mass is 16.5. The second-order valence-corrected chi connectivity index (χ2v) is 7.24. The molecule has 0 saturated carbocycles. The molecule has 0 aliphatic heterocycles. The zero-order valence-electron chi connectivity index (χ0n) is 17.7. The molecular weight excluding hydrogens is 368 g/mol. The summed E-state index contributed by atoms with van der Waals surface area (Å²) in [6.07, 6.45) is -0.723. The number of benzene rings is 2. The molecule has 0 spiro atoms. The van der Waals surface area contributed by atoms with Gasteiger partial charge in [-0.1, -0.05) is 38.1 Å². The van der Waals surface area contributed by atoms with Gasteiger partial charge in [0.15, 0.2) is 6.10 Å². The number of methoxy groups -OCH3 is 1. The average Bonchev–Trinajstić information content (AvgIpc) is 2.68. The van der Waals surface area contributed by atoms with Crippen molar-refractivity contribution in [2.75, 3.05) is 25.6 Å². The SMILES string of the molecule is COCCNC(=O)c1ccccc1NC(=O)[C@H](C)Oc1cc(C)ccc1C(C)C. The smallest absolute Gasteiger partial charge is 0.265 e. The average molecular weight is 399 g/mol. The largest absolute Gasteiger partial charge is 0.481 e. The molecule has 0 aliphatic rings. The van der Waals surface area contributed by atoms with Gasteiger partial charge in [0, 0.05) is 13.7 Å². The topological polar surface area (TPSA) is 76.7 Å². The lowest BCUT2D eigenvalue weighted by Crippen LogP contribution is -2.32. The van der Waals surface area contributed by atoms with Crippen LogP contribution in [0.5, 0.6) is 5.75 Å². The Morgan fingerprint density at radius 1 is 1.07 bits per heavy atom. The number of nitrogens with one attached hydrogen (secondary N) is 2. The Labute approximate surface area is 172 Å². The molecule has 2 aromatic rings. The Kier molecular flexibility index (Phi) is 8.21. The third-order valence-corrected chi connectivity index (χ3v) is 4.49. The van der Waals surface area contributed by atoms with Crippen molar-refractivity contribution in [2.45, 2.75) is 39.7 Å². The van der Waals surface area contributed by atoms with Crippen LogP contribution in [0.4, 0.5) is 5.69 Å². The van der Waals surface area contributed by atoms with E-state index >= 15 is 0 Å². The Balaban J connectivity index is 2.11. The van der Waals surface area contributed by atoms with Gasteiger partial charge < -0.3 is 20.1 Å². The second-order valence-electron chi connectivity index (χ2n) is 7.24. The molecule has 0 unspecified atom stereocenters. The van der Waals surface area contributed by atoms with Crippen molar-refractivity contribution < 1.29 is 19.1 Å². The summed E-state index contributed by atoms with van der Waals surface area (Å²) in [5.41, 5.74) is 2.95. The molecule has 2 N–H and O–H groups in total. The van der Waals surface area contributed by atoms with Crippen LogP contribution in [0.2, 0.25) is 0 Å². The number of para-hydroxylation sites is 1. The molecule has 2 aromatic carbocycles. The standard InChI is InChI=1S/C23H30N2O4/c1-15(2)18-11-10-16(3)14-21(18)29-17(4)22(26)25-20-9-7-6-8-19(20)23(27)24-12-13-28-5/h6-11,14-15,17H,12-13H2,1-5H3,(H,24,27)(H,25,26)/t17-/m0/s1. The van der Waals surface area contributed by atoms with E-state index in [1.54, 1.807) is 38.3 Å². The van der Waals surface area contributed by atoms with Crippen molar-refractivity contribution >= 4 is 17.5 Å². The van der Waals surface area contributed by atoms with E-state index in [1.807, 2.05) is 25.1 Å². The van der Waals surface area contributed by atoms with Crippen molar-refractivity contribution in [3.05, 3.63) is 59.2 Å². The Morgan fingerprint density at radius 3 is 2.48 bits per heavy atom. The van der Waals surface area contributed by atoms with E-state index in [0.29, 0.717) is 30.2 Å². The molecule has 0 aromatic heterocycles. The molecular formula is C23H30N2O4. The highest BCUT2D eigenvalue weighted by Gasteiger charge is 2.20. The fraction of sp³-hybridized carbons (Fsp3) is 0.391. The number of aryl methyl sites for hydroxylation is 1. The quantitative estimate of drug-likeness (QED) is 0.628. The maximum Gasteiger partial charge on any atom is 0.265 e. The molecule has 0 heterocycles. The lowest BCUT2D eigenvalue weighted by molar-refractivity contribution is -0.122. The number of carbonyl (C=O) groups is 2. The fourth-order valence-electron chi connectivity index (χ4n) is 2.85. The minimum atomic E-state index is -0.723. The Bertz CT molecular complexity index is 849. The number of hydrogen-bond acceptors (Lipinski definition) is 4. The lowest BCUT2D eigenvalue weighted by atomic mass is 10.0. The van der Waals surface area contributed by atoms with Crippen LogP contribution in [-0.4, -0.2) is 38.2 Å². The van der Waals surface area contributed by atoms with Crippen molar-refractivity contribution in [1.29, 1.82) is 0 Å². The molecule has 156 valence electrons. The van der Waals surface area contributed by atoms with E-state index in [0.717, 1.165) is 11.1 Å². The van der Waals surface area contributed by atoms with Gasteiger partial charge >= 0.3 is 0 Å². The first-order chi connectivity index (χ1) is 13.8. The molecule has 0 bridgehead atoms. The molecule has 29 heavy (non-hydrogen) atoms. The van der Waals surface area contributed by atoms with Crippen LogP contribution in [-0.2, 0) is 9.53 Å². The van der Waals surface area contributed by atoms with Crippen LogP contribution >= 0.6 is 0 Å². The van der Waals surface area contributed by atoms with Crippen LogP contribution in [0.15, 0.2) is 42.5 Å². The molecule has 0 aliphatic carbocycles. The van der Waals surface area contributed by atoms with E-state index in [4.69, 9.17) is 9.47 Å². The van der Waals surface area contributed by atoms with Gasteiger partial charge in [-0.25, -0.2) is 0 Å². The number of hydrogen-bond donors (Lipinski definition) is 2. The van der Waals surface area contributed by atoms with E-state index in [1.165, 1.54) is 0 Å². The fourth-order valence-corrected chi connectivity index (χ4v) is 2.85. The zero-order chi connectivity index (χ0) is 21.4. The normalized spacial score (nSPS) is 11.8. The van der Waals surface area contributed by atoms with Crippen LogP contribution in [0, 0.1) is 6.92 Å². The van der Waals surface area contributed by atoms with Crippen molar-refractivity contribution in [2.24, 2.45) is 0 Å². The second kappa shape index (κ2) is 10.6. The summed E-state index contributed by atoms with van der Waals surface area (Å²) < 4.78 is 10.9. The van der Waals surface area contributed by atoms with Crippen LogP contribution in [0.25, 0.3) is 0 Å². The zero-order valence-corrected chi connectivity index (χ0v) is 17.7. The number of carbonyl (C=O) groups excluding carboxylic acids is 2. The summed E-state index contributed by atoms with van der Waals surface area (Å²) in [5.74, 6) is 0.385. The van der Waals surface area contributed by atoms with Crippen LogP contribution in [0.3, 0.4) is 0 Å². The lowest BCUT2D eigenvalue weighted by Gasteiger charge is -2.20. The molecule has 6 nitrogen and oxygen atoms in total. The number of amides is 2. The number of rotatable bonds is 9. The summed E-state index contributed by atoms with van der Waals surface area (Å²) in [7, 11) is 1.57. The number of anilines is 1. The Morgan fingerprint density at radius 2 is 1.79 bits per heavy atom. The Hall–Kier alpha value is -2.86. The first-order valence-corrected chi connectivity index (χ1v) is 9.77. The van der Waals surface area contributed by atoms with Gasteiger partial charge in [0.1, 0.15) is 5.75 Å². The van der Waals surface area contributed by atoms with E-state index in [9.17, 15) is 9.59 Å². The third-order valence-electron chi connectivity index (χ3n) is 4.49. The summed E-state index contributed by atoms with van der Waals surface area (Å²) in [6, 6.07) is 12.9. The van der Waals surface area contributed by atoms with Gasteiger partial charge in [-0.15, -0.1) is 0 Å². The van der Waals surface area contributed by atoms with Crippen molar-refractivity contribution in [1.82, 2.24) is 5.32 Å². The first-order valence-electron chi connectivity index (χ1n) is 9.77. The van der Waals surface area contributed by atoms with Gasteiger partial charge in [-0.2, -0.15) is 0 Å². The molecule has 0 radical (unpaired) electrons. The number of ether oxygens (including phenoxy) is 2. The molecule has 0 fully saturated rings. The summed E-state index contributed by atoms with van der Waals surface area (Å²) in [5, 5.41) is 5.57. The predicted molar refractivity (Wildman–Crippen MR) is 115 cm³/mol. The van der Waals surface area contributed by atoms with Crippen LogP contribution in [0.1, 0.15) is 48.2 Å². The summed E-state index contributed by atoms with van der Waals surface area (Å²) in [4.78, 5) is 25.1. The molecule has 6 heteroatoms. The van der Waals surface area contributed by atoms with Crippen molar-refractivity contribution in [3.8, 4) is 5.75 Å². The minimum Gasteiger partial charge on any atom is -0.481 e. The molecule has 2 rings (SSSR count). The van der Waals surface area contributed by atoms with E-state index in [2.05, 4.69) is 24.5 Å². The van der Waals surface area contributed by atoms with Gasteiger partial charge in [0.05, 0.1) is 17.9 Å². The minimum absolute atomic E-state index is 0.271. The maximum absolute atomic E-state index is 12.7. The van der Waals surface area contributed by atoms with Gasteiger partial charge in [-0.3, -0.25) is 9.59 Å². The molecule has 0 saturated heterocycles. The summed E-state index contributed by atoms with van der Waals surface area (Å²) >= 11 is 0. The van der Waals surface area contributed by atoms with E-state index < -0.39 is 6.10 Å². The van der Waals surface area contributed by atoms with Gasteiger partial charge in [0.2, 0.25) is 0 Å². The highest BCUT2D eigenvalue weighted by Crippen LogP contribution is 2.28. The highest BCUT2D eigenvalue weighted by molar-refractivity contribution is 6.04. The third kappa shape index (κ3) is 6.32. The van der Waals surface area contributed by atoms with Gasteiger partial charge in [-0.05, 0) is 49.1 Å². The molecule has 2 amide bonds. The predicted octanol–water partition coefficient (Wildman–Crippen LogP) is 3.90. The first kappa shape index (κ1) is 22.4. The maximum atomic E-state index is 12.7. The molecule has 1 atom stereocenters. The van der Waals surface area contributed by atoms with Gasteiger partial charge in [0.25, 0.3) is 11.8 Å². The van der Waals surface area contributed by atoms with Crippen molar-refractivity contribution in [3.63, 3.8) is 0 Å².